The third-order valence-corrected chi connectivity index (χ3v) is 5.22. The minimum atomic E-state index is 0.169. The first kappa shape index (κ1) is 16.4. The van der Waals surface area contributed by atoms with Gasteiger partial charge in [0.05, 0.1) is 13.1 Å². The van der Waals surface area contributed by atoms with Gasteiger partial charge in [-0.25, -0.2) is 0 Å². The molecule has 1 aromatic carbocycles. The van der Waals surface area contributed by atoms with Crippen LogP contribution >= 0.6 is 12.2 Å². The van der Waals surface area contributed by atoms with Gasteiger partial charge in [0.15, 0.2) is 12.5 Å². The quantitative estimate of drug-likeness (QED) is 0.875. The van der Waals surface area contributed by atoms with Gasteiger partial charge in [-0.15, -0.1) is 5.10 Å². The average molecular weight is 332 g/mol. The Morgan fingerprint density at radius 3 is 2.30 bits per heavy atom. The van der Waals surface area contributed by atoms with Crippen LogP contribution in [0.5, 0.6) is 0 Å². The first-order valence-electron chi connectivity index (χ1n) is 8.44. The third kappa shape index (κ3) is 3.40. The molecule has 124 valence electrons. The van der Waals surface area contributed by atoms with Crippen LogP contribution < -0.4 is 4.90 Å². The van der Waals surface area contributed by atoms with E-state index >= 15 is 0 Å². The Balaban J connectivity index is 1.89. The van der Waals surface area contributed by atoms with Gasteiger partial charge in [0.2, 0.25) is 4.77 Å². The fourth-order valence-corrected chi connectivity index (χ4v) is 3.40. The minimum Gasteiger partial charge on any atom is -0.316 e. The summed E-state index contributed by atoms with van der Waals surface area (Å²) >= 11 is 5.58. The summed E-state index contributed by atoms with van der Waals surface area (Å²) < 4.78 is 4.82. The maximum Gasteiger partial charge on any atom is 0.202 e. The Bertz CT molecular complexity index is 728. The summed E-state index contributed by atoms with van der Waals surface area (Å²) in [6, 6.07) is 8.71. The van der Waals surface area contributed by atoms with Crippen molar-refractivity contribution in [3.05, 3.63) is 34.6 Å². The normalized spacial score (nSPS) is 16.2. The number of nitrogens with one attached hydrogen (secondary N) is 1. The predicted octanol–water partition coefficient (Wildman–Crippen LogP) is 2.55. The molecule has 4 nitrogen and oxygen atoms in total. The van der Waals surface area contributed by atoms with Crippen molar-refractivity contribution in [1.82, 2.24) is 14.3 Å². The zero-order chi connectivity index (χ0) is 16.6. The first-order chi connectivity index (χ1) is 10.9. The van der Waals surface area contributed by atoms with E-state index in [9.17, 15) is 0 Å². The Morgan fingerprint density at radius 1 is 1.13 bits per heavy atom. The number of nitrogens with zero attached hydrogens (tertiary/aromatic N) is 3. The summed E-state index contributed by atoms with van der Waals surface area (Å²) in [5.41, 5.74) is 2.63. The standard InChI is InChI=1S/C18H26N4S/c1-18(2,3)15-9-7-14(8-10-15)16-19-22(17(23)20(16)4)13-21-11-5-6-12-21/h7-10H,5-6,11-13H2,1-4H3/p+1. The zero-order valence-electron chi connectivity index (χ0n) is 14.6. The van der Waals surface area contributed by atoms with Crippen molar-refractivity contribution in [2.45, 2.75) is 45.7 Å². The molecular weight excluding hydrogens is 304 g/mol. The van der Waals surface area contributed by atoms with Crippen molar-refractivity contribution in [1.29, 1.82) is 0 Å². The molecule has 0 saturated carbocycles. The molecule has 0 atom stereocenters. The van der Waals surface area contributed by atoms with E-state index in [-0.39, 0.29) is 5.41 Å². The molecule has 1 aromatic heterocycles. The lowest BCUT2D eigenvalue weighted by atomic mass is 9.87. The van der Waals surface area contributed by atoms with Gasteiger partial charge in [0, 0.05) is 25.5 Å². The highest BCUT2D eigenvalue weighted by atomic mass is 32.1. The number of likely N-dealkylation sites (tertiary alicyclic amines) is 1. The molecule has 2 heterocycles. The van der Waals surface area contributed by atoms with E-state index in [1.165, 1.54) is 31.5 Å². The molecule has 1 aliphatic rings. The van der Waals surface area contributed by atoms with Crippen LogP contribution in [0.25, 0.3) is 11.4 Å². The summed E-state index contributed by atoms with van der Waals surface area (Å²) in [5.74, 6) is 0.953. The molecule has 0 bridgehead atoms. The van der Waals surface area contributed by atoms with E-state index in [0.717, 1.165) is 22.8 Å². The SMILES string of the molecule is Cn1c(-c2ccc(C(C)(C)C)cc2)nn(C[NH+]2CCCC2)c1=S. The highest BCUT2D eigenvalue weighted by Crippen LogP contribution is 2.25. The van der Waals surface area contributed by atoms with Gasteiger partial charge in [-0.3, -0.25) is 0 Å². The molecule has 0 unspecified atom stereocenters. The molecule has 1 aliphatic heterocycles. The van der Waals surface area contributed by atoms with E-state index in [4.69, 9.17) is 17.3 Å². The molecular formula is C18H27N4S+. The lowest BCUT2D eigenvalue weighted by molar-refractivity contribution is -0.911. The maximum atomic E-state index is 5.58. The lowest BCUT2D eigenvalue weighted by Gasteiger charge is -2.19. The molecule has 0 amide bonds. The second-order valence-corrected chi connectivity index (χ2v) is 7.97. The van der Waals surface area contributed by atoms with Crippen molar-refractivity contribution < 1.29 is 4.90 Å². The van der Waals surface area contributed by atoms with Gasteiger partial charge in [0.1, 0.15) is 0 Å². The van der Waals surface area contributed by atoms with Crippen LogP contribution in [-0.2, 0) is 19.1 Å². The monoisotopic (exact) mass is 331 g/mol. The van der Waals surface area contributed by atoms with Crippen LogP contribution in [0.4, 0.5) is 0 Å². The molecule has 0 spiro atoms. The number of hydrogen-bond donors (Lipinski definition) is 1. The summed E-state index contributed by atoms with van der Waals surface area (Å²) in [6.07, 6.45) is 2.63. The van der Waals surface area contributed by atoms with Crippen LogP contribution in [0.2, 0.25) is 0 Å². The number of hydrogen-bond acceptors (Lipinski definition) is 2. The van der Waals surface area contributed by atoms with E-state index < -0.39 is 0 Å². The number of quaternary nitrogens is 1. The lowest BCUT2D eigenvalue weighted by Crippen LogP contribution is -3.09. The van der Waals surface area contributed by atoms with E-state index in [0.29, 0.717) is 0 Å². The first-order valence-corrected chi connectivity index (χ1v) is 8.85. The van der Waals surface area contributed by atoms with Gasteiger partial charge in [-0.2, -0.15) is 4.68 Å². The molecule has 2 aromatic rings. The van der Waals surface area contributed by atoms with Crippen LogP contribution in [-0.4, -0.2) is 27.4 Å². The Labute approximate surface area is 143 Å². The molecule has 23 heavy (non-hydrogen) atoms. The molecule has 1 saturated heterocycles. The van der Waals surface area contributed by atoms with Crippen molar-refractivity contribution in [3.8, 4) is 11.4 Å². The summed E-state index contributed by atoms with van der Waals surface area (Å²) in [7, 11) is 2.01. The van der Waals surface area contributed by atoms with Gasteiger partial charge in [-0.1, -0.05) is 45.0 Å². The minimum absolute atomic E-state index is 0.169. The van der Waals surface area contributed by atoms with Gasteiger partial charge >= 0.3 is 0 Å². The fourth-order valence-electron chi connectivity index (χ4n) is 3.21. The molecule has 0 aliphatic carbocycles. The Morgan fingerprint density at radius 2 is 1.74 bits per heavy atom. The second kappa shape index (κ2) is 6.21. The number of benzene rings is 1. The largest absolute Gasteiger partial charge is 0.316 e. The van der Waals surface area contributed by atoms with Crippen LogP contribution in [0, 0.1) is 4.77 Å². The van der Waals surface area contributed by atoms with Crippen LogP contribution in [0.1, 0.15) is 39.2 Å². The van der Waals surface area contributed by atoms with E-state index in [1.54, 1.807) is 4.90 Å². The second-order valence-electron chi connectivity index (χ2n) is 7.61. The number of rotatable bonds is 3. The highest BCUT2D eigenvalue weighted by molar-refractivity contribution is 7.71. The highest BCUT2D eigenvalue weighted by Gasteiger charge is 2.19. The van der Waals surface area contributed by atoms with Crippen LogP contribution in [0.3, 0.4) is 0 Å². The smallest absolute Gasteiger partial charge is 0.202 e. The zero-order valence-corrected chi connectivity index (χ0v) is 15.4. The van der Waals surface area contributed by atoms with Gasteiger partial charge in [-0.05, 0) is 23.2 Å². The predicted molar refractivity (Wildman–Crippen MR) is 96.1 cm³/mol. The Hall–Kier alpha value is -1.46. The summed E-state index contributed by atoms with van der Waals surface area (Å²) in [4.78, 5) is 1.58. The van der Waals surface area contributed by atoms with Gasteiger partial charge in [0.25, 0.3) is 0 Å². The molecule has 1 N–H and O–H groups in total. The van der Waals surface area contributed by atoms with E-state index in [2.05, 4.69) is 45.0 Å². The number of aromatic nitrogens is 3. The molecule has 3 rings (SSSR count). The van der Waals surface area contributed by atoms with Crippen molar-refractivity contribution in [2.24, 2.45) is 7.05 Å². The third-order valence-electron chi connectivity index (χ3n) is 4.73. The molecule has 1 fully saturated rings. The van der Waals surface area contributed by atoms with Crippen molar-refractivity contribution >= 4 is 12.2 Å². The molecule has 0 radical (unpaired) electrons. The van der Waals surface area contributed by atoms with E-state index in [1.807, 2.05) is 16.3 Å². The summed E-state index contributed by atoms with van der Waals surface area (Å²) in [6.45, 7) is 10.0. The topological polar surface area (TPSA) is 27.2 Å². The van der Waals surface area contributed by atoms with Crippen molar-refractivity contribution in [2.75, 3.05) is 13.1 Å². The molecule has 5 heteroatoms. The fraction of sp³-hybridized carbons (Fsp3) is 0.556. The average Bonchev–Trinajstić information content (AvgIpc) is 3.11. The maximum absolute atomic E-state index is 5.58. The summed E-state index contributed by atoms with van der Waals surface area (Å²) in [5, 5.41) is 4.79. The van der Waals surface area contributed by atoms with Crippen molar-refractivity contribution in [3.63, 3.8) is 0 Å². The van der Waals surface area contributed by atoms with Crippen LogP contribution in [0.15, 0.2) is 24.3 Å². The Kier molecular flexibility index (Phi) is 4.43. The van der Waals surface area contributed by atoms with Gasteiger partial charge < -0.3 is 9.47 Å².